The fraction of sp³-hybridized carbons (Fsp3) is 0.538. The zero-order chi connectivity index (χ0) is 14.3. The molecule has 0 saturated heterocycles. The molecule has 0 unspecified atom stereocenters. The molecule has 106 valence electrons. The van der Waals surface area contributed by atoms with E-state index >= 15 is 0 Å². The van der Waals surface area contributed by atoms with Crippen molar-refractivity contribution >= 4 is 22.3 Å². The Morgan fingerprint density at radius 3 is 2.85 bits per heavy atom. The van der Waals surface area contributed by atoms with Gasteiger partial charge in [-0.3, -0.25) is 4.79 Å². The van der Waals surface area contributed by atoms with Gasteiger partial charge < -0.3 is 5.11 Å². The van der Waals surface area contributed by atoms with Gasteiger partial charge in [-0.05, 0) is 12.8 Å². The Kier molecular flexibility index (Phi) is 3.29. The van der Waals surface area contributed by atoms with E-state index in [4.69, 9.17) is 0 Å². The zero-order valence-corrected chi connectivity index (χ0v) is 12.2. The maximum Gasteiger partial charge on any atom is 0.307 e. The minimum atomic E-state index is -0.755. The van der Waals surface area contributed by atoms with E-state index in [1.165, 1.54) is 11.3 Å². The molecule has 0 amide bonds. The molecule has 1 aliphatic rings. The second kappa shape index (κ2) is 4.97. The van der Waals surface area contributed by atoms with Gasteiger partial charge in [0.05, 0.1) is 5.92 Å². The van der Waals surface area contributed by atoms with Crippen molar-refractivity contribution < 1.29 is 9.90 Å². The molecule has 7 heteroatoms. The molecule has 0 radical (unpaired) electrons. The van der Waals surface area contributed by atoms with E-state index in [0.717, 1.165) is 22.2 Å². The van der Waals surface area contributed by atoms with Gasteiger partial charge in [0, 0.05) is 11.8 Å². The summed E-state index contributed by atoms with van der Waals surface area (Å²) in [6.45, 7) is 4.08. The highest BCUT2D eigenvalue weighted by molar-refractivity contribution is 7.16. The number of fused-ring (bicyclic) bond motifs is 1. The van der Waals surface area contributed by atoms with Gasteiger partial charge in [-0.2, -0.15) is 9.61 Å². The summed E-state index contributed by atoms with van der Waals surface area (Å²) in [7, 11) is 0. The molecular formula is C13H16N4O2S. The van der Waals surface area contributed by atoms with Crippen molar-refractivity contribution in [1.82, 2.24) is 19.8 Å². The number of nitrogens with zero attached hydrogens (tertiary/aromatic N) is 4. The summed E-state index contributed by atoms with van der Waals surface area (Å²) in [5.41, 5.74) is 0. The molecule has 1 N–H and O–H groups in total. The Morgan fingerprint density at radius 2 is 2.15 bits per heavy atom. The largest absolute Gasteiger partial charge is 0.481 e. The van der Waals surface area contributed by atoms with Crippen LogP contribution in [0.5, 0.6) is 0 Å². The zero-order valence-electron chi connectivity index (χ0n) is 11.4. The molecule has 0 fully saturated rings. The van der Waals surface area contributed by atoms with E-state index in [-0.39, 0.29) is 11.8 Å². The minimum Gasteiger partial charge on any atom is -0.481 e. The summed E-state index contributed by atoms with van der Waals surface area (Å²) in [4.78, 5) is 12.1. The van der Waals surface area contributed by atoms with Crippen molar-refractivity contribution in [2.45, 2.75) is 38.5 Å². The number of aromatic nitrogens is 4. The number of aliphatic carboxylic acids is 1. The fourth-order valence-corrected chi connectivity index (χ4v) is 3.54. The lowest BCUT2D eigenvalue weighted by atomic mass is 9.83. The smallest absolute Gasteiger partial charge is 0.307 e. The fourth-order valence-electron chi connectivity index (χ4n) is 2.52. The molecule has 3 rings (SSSR count). The van der Waals surface area contributed by atoms with Crippen molar-refractivity contribution in [2.75, 3.05) is 0 Å². The molecule has 0 aromatic carbocycles. The standard InChI is InChI=1S/C13H16N4O2S/c1-7(2)10-14-15-13-17(10)16-11(20-13)8-5-3-4-6-9(8)12(18)19/h3-4,7-9H,5-6H2,1-2H3,(H,18,19)/t8-,9+/m1/s1. The third-order valence-electron chi connectivity index (χ3n) is 3.61. The van der Waals surface area contributed by atoms with Crippen LogP contribution >= 0.6 is 11.3 Å². The van der Waals surface area contributed by atoms with Crippen molar-refractivity contribution in [3.05, 3.63) is 23.0 Å². The highest BCUT2D eigenvalue weighted by Crippen LogP contribution is 2.37. The van der Waals surface area contributed by atoms with Gasteiger partial charge in [0.1, 0.15) is 5.01 Å². The Bertz CT molecular complexity index is 673. The Hall–Kier alpha value is -1.76. The lowest BCUT2D eigenvalue weighted by Crippen LogP contribution is -2.23. The summed E-state index contributed by atoms with van der Waals surface area (Å²) in [6, 6.07) is 0. The van der Waals surface area contributed by atoms with Gasteiger partial charge in [-0.25, -0.2) is 0 Å². The summed E-state index contributed by atoms with van der Waals surface area (Å²) in [6.07, 6.45) is 5.26. The highest BCUT2D eigenvalue weighted by Gasteiger charge is 2.33. The molecule has 0 spiro atoms. The van der Waals surface area contributed by atoms with Gasteiger partial charge in [-0.1, -0.05) is 37.3 Å². The maximum absolute atomic E-state index is 11.4. The number of hydrogen-bond donors (Lipinski definition) is 1. The van der Waals surface area contributed by atoms with Crippen molar-refractivity contribution in [3.63, 3.8) is 0 Å². The van der Waals surface area contributed by atoms with E-state index in [2.05, 4.69) is 15.3 Å². The van der Waals surface area contributed by atoms with Crippen LogP contribution in [0.25, 0.3) is 4.96 Å². The number of carbonyl (C=O) groups is 1. The van der Waals surface area contributed by atoms with Crippen LogP contribution in [0.15, 0.2) is 12.2 Å². The molecule has 2 aromatic rings. The monoisotopic (exact) mass is 292 g/mol. The van der Waals surface area contributed by atoms with Crippen molar-refractivity contribution in [1.29, 1.82) is 0 Å². The minimum absolute atomic E-state index is 0.0655. The molecule has 2 atom stereocenters. The molecule has 0 aliphatic heterocycles. The average Bonchev–Trinajstić information content (AvgIpc) is 2.97. The molecule has 0 bridgehead atoms. The van der Waals surface area contributed by atoms with Gasteiger partial charge in [0.25, 0.3) is 0 Å². The van der Waals surface area contributed by atoms with E-state index in [1.54, 1.807) is 4.52 Å². The first-order valence-electron chi connectivity index (χ1n) is 6.67. The lowest BCUT2D eigenvalue weighted by Gasteiger charge is -2.22. The van der Waals surface area contributed by atoms with E-state index in [0.29, 0.717) is 6.42 Å². The molecular weight excluding hydrogens is 276 g/mol. The van der Waals surface area contributed by atoms with Crippen LogP contribution in [0.4, 0.5) is 0 Å². The van der Waals surface area contributed by atoms with E-state index in [1.807, 2.05) is 26.0 Å². The normalized spacial score (nSPS) is 22.8. The Balaban J connectivity index is 2.01. The highest BCUT2D eigenvalue weighted by atomic mass is 32.1. The summed E-state index contributed by atoms with van der Waals surface area (Å²) in [5.74, 6) is -0.160. The van der Waals surface area contributed by atoms with E-state index in [9.17, 15) is 9.90 Å². The van der Waals surface area contributed by atoms with Crippen LogP contribution in [0.2, 0.25) is 0 Å². The molecule has 2 heterocycles. The van der Waals surface area contributed by atoms with Crippen molar-refractivity contribution in [3.8, 4) is 0 Å². The van der Waals surface area contributed by atoms with E-state index < -0.39 is 11.9 Å². The van der Waals surface area contributed by atoms with Crippen LogP contribution < -0.4 is 0 Å². The number of carboxylic acids is 1. The van der Waals surface area contributed by atoms with Crippen LogP contribution in [0.1, 0.15) is 49.4 Å². The number of carboxylic acid groups (broad SMARTS) is 1. The summed E-state index contributed by atoms with van der Waals surface area (Å²) >= 11 is 1.44. The molecule has 1 aliphatic carbocycles. The molecule has 2 aromatic heterocycles. The predicted octanol–water partition coefficient (Wildman–Crippen LogP) is 2.44. The number of hydrogen-bond acceptors (Lipinski definition) is 5. The Morgan fingerprint density at radius 1 is 1.40 bits per heavy atom. The van der Waals surface area contributed by atoms with Crippen LogP contribution in [-0.2, 0) is 4.79 Å². The lowest BCUT2D eigenvalue weighted by molar-refractivity contribution is -0.142. The third kappa shape index (κ3) is 2.11. The van der Waals surface area contributed by atoms with Gasteiger partial charge >= 0.3 is 5.97 Å². The maximum atomic E-state index is 11.4. The number of rotatable bonds is 3. The third-order valence-corrected chi connectivity index (χ3v) is 4.64. The number of allylic oxidation sites excluding steroid dienone is 2. The topological polar surface area (TPSA) is 80.4 Å². The first kappa shape index (κ1) is 13.2. The quantitative estimate of drug-likeness (QED) is 0.879. The first-order chi connectivity index (χ1) is 9.58. The van der Waals surface area contributed by atoms with Gasteiger partial charge in [0.15, 0.2) is 5.82 Å². The van der Waals surface area contributed by atoms with Crippen LogP contribution in [0, 0.1) is 5.92 Å². The van der Waals surface area contributed by atoms with Crippen LogP contribution in [0.3, 0.4) is 0 Å². The molecule has 6 nitrogen and oxygen atoms in total. The SMILES string of the molecule is CC(C)c1nnc2sc([C@@H]3CC=CC[C@@H]3C(=O)O)nn12. The first-order valence-corrected chi connectivity index (χ1v) is 7.49. The molecule has 0 saturated carbocycles. The second-order valence-corrected chi connectivity index (χ2v) is 6.33. The van der Waals surface area contributed by atoms with Crippen molar-refractivity contribution in [2.24, 2.45) is 5.92 Å². The molecule has 20 heavy (non-hydrogen) atoms. The predicted molar refractivity (Wildman–Crippen MR) is 75.0 cm³/mol. The van der Waals surface area contributed by atoms with Gasteiger partial charge in [0.2, 0.25) is 4.96 Å². The van der Waals surface area contributed by atoms with Crippen LogP contribution in [-0.4, -0.2) is 30.9 Å². The average molecular weight is 292 g/mol. The van der Waals surface area contributed by atoms with Gasteiger partial charge in [-0.15, -0.1) is 10.2 Å². The Labute approximate surface area is 120 Å². The summed E-state index contributed by atoms with van der Waals surface area (Å²) < 4.78 is 1.75. The summed E-state index contributed by atoms with van der Waals surface area (Å²) in [5, 5.41) is 23.0. The second-order valence-electron chi connectivity index (χ2n) is 5.34.